The van der Waals surface area contributed by atoms with Gasteiger partial charge in [-0.15, -0.1) is 0 Å². The molecule has 6 nitrogen and oxygen atoms in total. The molecule has 146 valence electrons. The van der Waals surface area contributed by atoms with Crippen LogP contribution in [-0.2, 0) is 22.3 Å². The predicted molar refractivity (Wildman–Crippen MR) is 106 cm³/mol. The third-order valence-electron chi connectivity index (χ3n) is 4.20. The topological polar surface area (TPSA) is 70.8 Å². The zero-order chi connectivity index (χ0) is 19.5. The number of rotatable bonds is 6. The largest absolute Gasteiger partial charge is 0.497 e. The highest BCUT2D eigenvalue weighted by atomic mass is 35.5. The fraction of sp³-hybridized carbons (Fsp3) is 0.250. The number of nitrogens with zero attached hydrogens (tertiary/aromatic N) is 1. The normalized spacial score (nSPS) is 13.9. The Morgan fingerprint density at radius 3 is 2.71 bits per heavy atom. The van der Waals surface area contributed by atoms with E-state index in [1.807, 2.05) is 30.3 Å². The van der Waals surface area contributed by atoms with Gasteiger partial charge < -0.3 is 18.6 Å². The zero-order valence-electron chi connectivity index (χ0n) is 15.1. The molecule has 1 aromatic heterocycles. The average Bonchev–Trinajstić information content (AvgIpc) is 3.16. The Hall–Kier alpha value is -2.51. The predicted octanol–water partition coefficient (Wildman–Crippen LogP) is 4.22. The molecule has 1 aliphatic heterocycles. The molecule has 0 bridgehead atoms. The molecule has 0 spiro atoms. The highest BCUT2D eigenvalue weighted by Gasteiger charge is 2.18. The molecule has 28 heavy (non-hydrogen) atoms. The second kappa shape index (κ2) is 8.24. The van der Waals surface area contributed by atoms with Crippen molar-refractivity contribution in [2.24, 2.45) is 0 Å². The smallest absolute Gasteiger partial charge is 0.207 e. The fourth-order valence-corrected chi connectivity index (χ4v) is 4.23. The van der Waals surface area contributed by atoms with Gasteiger partial charge in [0, 0.05) is 22.1 Å². The van der Waals surface area contributed by atoms with Gasteiger partial charge in [0.2, 0.25) is 5.89 Å². The van der Waals surface area contributed by atoms with Crippen LogP contribution < -0.4 is 14.2 Å². The Labute approximate surface area is 169 Å². The minimum Gasteiger partial charge on any atom is -0.497 e. The van der Waals surface area contributed by atoms with E-state index in [1.165, 1.54) is 0 Å². The summed E-state index contributed by atoms with van der Waals surface area (Å²) in [4.78, 5) is 4.24. The van der Waals surface area contributed by atoms with E-state index in [9.17, 15) is 4.21 Å². The highest BCUT2D eigenvalue weighted by Crippen LogP contribution is 2.38. The molecule has 0 amide bonds. The van der Waals surface area contributed by atoms with Crippen LogP contribution in [0.15, 0.2) is 47.0 Å². The molecule has 0 radical (unpaired) electrons. The summed E-state index contributed by atoms with van der Waals surface area (Å²) < 4.78 is 34.5. The third-order valence-corrected chi connectivity index (χ3v) is 5.70. The summed E-state index contributed by atoms with van der Waals surface area (Å²) in [7, 11) is 0.406. The molecule has 1 atom stereocenters. The van der Waals surface area contributed by atoms with Crippen molar-refractivity contribution < 1.29 is 22.8 Å². The van der Waals surface area contributed by atoms with Crippen molar-refractivity contribution >= 4 is 22.4 Å². The number of fused-ring (bicyclic) bond motifs is 1. The second-order valence-electron chi connectivity index (χ2n) is 6.18. The first kappa shape index (κ1) is 18.8. The molecular formula is C20H18ClNO5S. The molecule has 2 aromatic carbocycles. The maximum atomic E-state index is 12.6. The van der Waals surface area contributed by atoms with Crippen molar-refractivity contribution in [1.29, 1.82) is 0 Å². The number of halogens is 1. The highest BCUT2D eigenvalue weighted by molar-refractivity contribution is 7.83. The number of methoxy groups -OCH3 is 1. The van der Waals surface area contributed by atoms with Crippen molar-refractivity contribution in [2.45, 2.75) is 11.5 Å². The maximum Gasteiger partial charge on any atom is 0.207 e. The lowest BCUT2D eigenvalue weighted by atomic mass is 10.2. The van der Waals surface area contributed by atoms with E-state index in [4.69, 9.17) is 30.2 Å². The SMILES string of the molecule is COc1ccc(-c2cnc(CS(=O)Cc3cc(Cl)c4c(c3)OCCO4)o2)cc1. The van der Waals surface area contributed by atoms with Gasteiger partial charge in [-0.3, -0.25) is 4.21 Å². The van der Waals surface area contributed by atoms with E-state index in [1.54, 1.807) is 19.4 Å². The number of ether oxygens (including phenoxy) is 3. The summed E-state index contributed by atoms with van der Waals surface area (Å²) in [5.74, 6) is 3.47. The maximum absolute atomic E-state index is 12.6. The average molecular weight is 420 g/mol. The lowest BCUT2D eigenvalue weighted by molar-refractivity contribution is 0.171. The van der Waals surface area contributed by atoms with Gasteiger partial charge in [-0.2, -0.15) is 0 Å². The lowest BCUT2D eigenvalue weighted by Crippen LogP contribution is -2.16. The quantitative estimate of drug-likeness (QED) is 0.595. The molecule has 0 aliphatic carbocycles. The molecule has 0 N–H and O–H groups in total. The number of aromatic nitrogens is 1. The Kier molecular flexibility index (Phi) is 5.54. The number of hydrogen-bond acceptors (Lipinski definition) is 6. The fourth-order valence-electron chi connectivity index (χ4n) is 2.89. The van der Waals surface area contributed by atoms with Crippen molar-refractivity contribution in [1.82, 2.24) is 4.98 Å². The Balaban J connectivity index is 1.43. The number of oxazole rings is 1. The Bertz CT molecular complexity index is 1000. The van der Waals surface area contributed by atoms with Crippen LogP contribution in [0.1, 0.15) is 11.5 Å². The lowest BCUT2D eigenvalue weighted by Gasteiger charge is -2.20. The first-order valence-corrected chi connectivity index (χ1v) is 10.5. The first-order valence-electron chi connectivity index (χ1n) is 8.64. The van der Waals surface area contributed by atoms with Gasteiger partial charge in [0.05, 0.1) is 18.3 Å². The van der Waals surface area contributed by atoms with E-state index in [0.717, 1.165) is 16.9 Å². The van der Waals surface area contributed by atoms with Crippen molar-refractivity contribution in [3.8, 4) is 28.6 Å². The first-order chi connectivity index (χ1) is 13.6. The standard InChI is InChI=1S/C20H18ClNO5S/c1-24-15-4-2-14(3-5-15)18-10-22-19(27-18)12-28(23)11-13-8-16(21)20-17(9-13)25-6-7-26-20/h2-5,8-10H,6-7,11-12H2,1H3. The van der Waals surface area contributed by atoms with Gasteiger partial charge in [0.25, 0.3) is 0 Å². The van der Waals surface area contributed by atoms with Gasteiger partial charge in [-0.05, 0) is 42.0 Å². The van der Waals surface area contributed by atoms with E-state index in [0.29, 0.717) is 47.1 Å². The monoisotopic (exact) mass is 419 g/mol. The van der Waals surface area contributed by atoms with Crippen molar-refractivity contribution in [3.05, 3.63) is 59.1 Å². The molecule has 3 aromatic rings. The summed E-state index contributed by atoms with van der Waals surface area (Å²) >= 11 is 6.24. The van der Waals surface area contributed by atoms with E-state index in [2.05, 4.69) is 4.98 Å². The van der Waals surface area contributed by atoms with Crippen LogP contribution in [0, 0.1) is 0 Å². The summed E-state index contributed by atoms with van der Waals surface area (Å²) in [6, 6.07) is 11.0. The molecular weight excluding hydrogens is 402 g/mol. The van der Waals surface area contributed by atoms with Crippen LogP contribution in [-0.4, -0.2) is 29.5 Å². The van der Waals surface area contributed by atoms with Crippen molar-refractivity contribution in [3.63, 3.8) is 0 Å². The molecule has 0 saturated carbocycles. The number of hydrogen-bond donors (Lipinski definition) is 0. The molecule has 8 heteroatoms. The molecule has 4 rings (SSSR count). The van der Waals surface area contributed by atoms with Crippen LogP contribution in [0.4, 0.5) is 0 Å². The van der Waals surface area contributed by atoms with Gasteiger partial charge in [-0.1, -0.05) is 11.6 Å². The summed E-state index contributed by atoms with van der Waals surface area (Å²) in [6.45, 7) is 0.943. The van der Waals surface area contributed by atoms with E-state index >= 15 is 0 Å². The van der Waals surface area contributed by atoms with Gasteiger partial charge in [0.15, 0.2) is 17.3 Å². The van der Waals surface area contributed by atoms with Crippen LogP contribution in [0.2, 0.25) is 5.02 Å². The molecule has 2 heterocycles. The van der Waals surface area contributed by atoms with Crippen LogP contribution in [0.5, 0.6) is 17.2 Å². The molecule has 1 unspecified atom stereocenters. The summed E-state index contributed by atoms with van der Waals surface area (Å²) in [5, 5.41) is 0.460. The minimum absolute atomic E-state index is 0.211. The third kappa shape index (κ3) is 4.15. The zero-order valence-corrected chi connectivity index (χ0v) is 16.7. The van der Waals surface area contributed by atoms with Crippen molar-refractivity contribution in [2.75, 3.05) is 20.3 Å². The Morgan fingerprint density at radius 2 is 1.93 bits per heavy atom. The minimum atomic E-state index is -1.21. The van der Waals surface area contributed by atoms with Gasteiger partial charge in [0.1, 0.15) is 24.7 Å². The second-order valence-corrected chi connectivity index (χ2v) is 8.04. The molecule has 1 aliphatic rings. The van der Waals surface area contributed by atoms with E-state index < -0.39 is 10.8 Å². The van der Waals surface area contributed by atoms with Crippen LogP contribution in [0.25, 0.3) is 11.3 Å². The Morgan fingerprint density at radius 1 is 1.14 bits per heavy atom. The van der Waals surface area contributed by atoms with Gasteiger partial charge in [-0.25, -0.2) is 4.98 Å². The van der Waals surface area contributed by atoms with Crippen LogP contribution in [0.3, 0.4) is 0 Å². The van der Waals surface area contributed by atoms with Gasteiger partial charge >= 0.3 is 0 Å². The summed E-state index contributed by atoms with van der Waals surface area (Å²) in [6.07, 6.45) is 1.63. The van der Waals surface area contributed by atoms with E-state index in [-0.39, 0.29) is 5.75 Å². The number of benzene rings is 2. The summed E-state index contributed by atoms with van der Waals surface area (Å²) in [5.41, 5.74) is 1.69. The molecule has 0 saturated heterocycles. The molecule has 0 fully saturated rings. The van der Waals surface area contributed by atoms with Crippen LogP contribution >= 0.6 is 11.6 Å².